The molecule has 0 bridgehead atoms. The maximum Gasteiger partial charge on any atom is 0.157 e. The largest absolute Gasteiger partial charge is 0.361 e. The first-order chi connectivity index (χ1) is 6.78. The molecule has 0 aromatic heterocycles. The van der Waals surface area contributed by atoms with Crippen LogP contribution in [0.15, 0.2) is 4.99 Å². The molecule has 4 heteroatoms. The van der Waals surface area contributed by atoms with Gasteiger partial charge in [-0.3, -0.25) is 4.99 Å². The Labute approximate surface area is 90.3 Å². The lowest BCUT2D eigenvalue weighted by Gasteiger charge is -2.15. The summed E-state index contributed by atoms with van der Waals surface area (Å²) in [6.07, 6.45) is 1.27. The zero-order chi connectivity index (χ0) is 9.97. The Balaban J connectivity index is 1.76. The number of likely N-dealkylation sites (tertiary alicyclic amines) is 1. The first-order valence-corrected chi connectivity index (χ1v) is 6.36. The monoisotopic (exact) mass is 213 g/mol. The molecule has 0 amide bonds. The van der Waals surface area contributed by atoms with Gasteiger partial charge in [-0.1, -0.05) is 25.6 Å². The third kappa shape index (κ3) is 2.42. The van der Waals surface area contributed by atoms with Gasteiger partial charge in [-0.05, 0) is 13.0 Å². The van der Waals surface area contributed by atoms with Crippen LogP contribution in [0.5, 0.6) is 0 Å². The smallest absolute Gasteiger partial charge is 0.157 e. The van der Waals surface area contributed by atoms with Gasteiger partial charge in [-0.15, -0.1) is 0 Å². The van der Waals surface area contributed by atoms with Crippen molar-refractivity contribution in [2.75, 3.05) is 26.2 Å². The molecule has 2 atom stereocenters. The molecule has 2 aliphatic rings. The molecular weight excluding hydrogens is 194 g/mol. The van der Waals surface area contributed by atoms with Crippen LogP contribution in [0.2, 0.25) is 0 Å². The summed E-state index contributed by atoms with van der Waals surface area (Å²) in [5, 5.41) is 5.38. The minimum atomic E-state index is 0.631. The topological polar surface area (TPSA) is 27.6 Å². The minimum Gasteiger partial charge on any atom is -0.361 e. The quantitative estimate of drug-likeness (QED) is 0.746. The van der Waals surface area contributed by atoms with Crippen molar-refractivity contribution in [3.63, 3.8) is 0 Å². The zero-order valence-corrected chi connectivity index (χ0v) is 9.81. The molecule has 2 aliphatic heterocycles. The van der Waals surface area contributed by atoms with E-state index in [0.29, 0.717) is 11.3 Å². The standard InChI is InChI=1S/C10H19N3S/c1-3-13-5-4-9(7-13)12-10-11-6-8(2)14-10/h8-9H,3-7H2,1-2H3,(H,11,12). The average molecular weight is 213 g/mol. The van der Waals surface area contributed by atoms with Crippen LogP contribution in [0, 0.1) is 0 Å². The lowest BCUT2D eigenvalue weighted by atomic mass is 10.3. The van der Waals surface area contributed by atoms with Gasteiger partial charge in [-0.25, -0.2) is 0 Å². The maximum absolute atomic E-state index is 4.48. The van der Waals surface area contributed by atoms with Crippen LogP contribution in [-0.4, -0.2) is 47.5 Å². The van der Waals surface area contributed by atoms with Crippen LogP contribution < -0.4 is 5.32 Å². The fraction of sp³-hybridized carbons (Fsp3) is 0.900. The van der Waals surface area contributed by atoms with Crippen LogP contribution in [0.4, 0.5) is 0 Å². The van der Waals surface area contributed by atoms with E-state index in [9.17, 15) is 0 Å². The van der Waals surface area contributed by atoms with Gasteiger partial charge in [0.1, 0.15) is 0 Å². The molecule has 1 saturated heterocycles. The zero-order valence-electron chi connectivity index (χ0n) is 8.99. The van der Waals surface area contributed by atoms with Gasteiger partial charge in [0.05, 0.1) is 6.54 Å². The van der Waals surface area contributed by atoms with E-state index in [1.165, 1.54) is 31.2 Å². The fourth-order valence-electron chi connectivity index (χ4n) is 1.97. The first-order valence-electron chi connectivity index (χ1n) is 5.48. The molecule has 0 spiro atoms. The number of nitrogens with one attached hydrogen (secondary N) is 1. The van der Waals surface area contributed by atoms with Gasteiger partial charge < -0.3 is 10.2 Å². The second kappa shape index (κ2) is 4.53. The summed E-state index contributed by atoms with van der Waals surface area (Å²) >= 11 is 1.88. The summed E-state index contributed by atoms with van der Waals surface area (Å²) in [7, 11) is 0. The number of thioether (sulfide) groups is 1. The molecule has 1 N–H and O–H groups in total. The molecule has 3 nitrogen and oxygen atoms in total. The number of hydrogen-bond donors (Lipinski definition) is 1. The van der Waals surface area contributed by atoms with Crippen molar-refractivity contribution in [3.8, 4) is 0 Å². The highest BCUT2D eigenvalue weighted by molar-refractivity contribution is 8.14. The van der Waals surface area contributed by atoms with Crippen molar-refractivity contribution >= 4 is 16.9 Å². The summed E-state index contributed by atoms with van der Waals surface area (Å²) in [4.78, 5) is 6.97. The molecule has 2 heterocycles. The van der Waals surface area contributed by atoms with E-state index in [2.05, 4.69) is 29.1 Å². The van der Waals surface area contributed by atoms with E-state index in [4.69, 9.17) is 0 Å². The molecule has 2 unspecified atom stereocenters. The molecule has 0 aromatic rings. The minimum absolute atomic E-state index is 0.631. The Kier molecular flexibility index (Phi) is 3.34. The highest BCUT2D eigenvalue weighted by Crippen LogP contribution is 2.20. The number of hydrogen-bond acceptors (Lipinski definition) is 4. The van der Waals surface area contributed by atoms with Gasteiger partial charge >= 0.3 is 0 Å². The third-order valence-electron chi connectivity index (χ3n) is 2.85. The lowest BCUT2D eigenvalue weighted by molar-refractivity contribution is 0.351. The molecule has 0 saturated carbocycles. The van der Waals surface area contributed by atoms with Crippen molar-refractivity contribution in [3.05, 3.63) is 0 Å². The van der Waals surface area contributed by atoms with Crippen LogP contribution in [0.3, 0.4) is 0 Å². The predicted octanol–water partition coefficient (Wildman–Crippen LogP) is 1.16. The molecule has 2 rings (SSSR count). The molecule has 0 aromatic carbocycles. The third-order valence-corrected chi connectivity index (χ3v) is 3.87. The van der Waals surface area contributed by atoms with Crippen molar-refractivity contribution in [2.24, 2.45) is 4.99 Å². The van der Waals surface area contributed by atoms with Crippen LogP contribution >= 0.6 is 11.8 Å². The van der Waals surface area contributed by atoms with Gasteiger partial charge in [-0.2, -0.15) is 0 Å². The Morgan fingerprint density at radius 1 is 1.64 bits per heavy atom. The van der Waals surface area contributed by atoms with E-state index in [1.54, 1.807) is 0 Å². The van der Waals surface area contributed by atoms with Crippen LogP contribution in [0.25, 0.3) is 0 Å². The number of nitrogens with zero attached hydrogens (tertiary/aromatic N) is 2. The molecule has 1 fully saturated rings. The van der Waals surface area contributed by atoms with Crippen LogP contribution in [-0.2, 0) is 0 Å². The second-order valence-corrected chi connectivity index (χ2v) is 5.52. The van der Waals surface area contributed by atoms with Crippen LogP contribution in [0.1, 0.15) is 20.3 Å². The highest BCUT2D eigenvalue weighted by atomic mass is 32.2. The molecular formula is C10H19N3S. The van der Waals surface area contributed by atoms with Gasteiger partial charge in [0.15, 0.2) is 5.17 Å². The Morgan fingerprint density at radius 3 is 3.07 bits per heavy atom. The van der Waals surface area contributed by atoms with Gasteiger partial charge in [0.2, 0.25) is 0 Å². The van der Waals surface area contributed by atoms with Crippen molar-refractivity contribution in [2.45, 2.75) is 31.6 Å². The van der Waals surface area contributed by atoms with Gasteiger partial charge in [0.25, 0.3) is 0 Å². The number of likely N-dealkylation sites (N-methyl/N-ethyl adjacent to an activating group) is 1. The maximum atomic E-state index is 4.48. The summed E-state index contributed by atoms with van der Waals surface area (Å²) in [6, 6.07) is 0.631. The van der Waals surface area contributed by atoms with Gasteiger partial charge in [0, 0.05) is 24.4 Å². The second-order valence-electron chi connectivity index (χ2n) is 4.10. The van der Waals surface area contributed by atoms with Crippen molar-refractivity contribution in [1.29, 1.82) is 0 Å². The van der Waals surface area contributed by atoms with E-state index in [0.717, 1.165) is 6.54 Å². The Bertz CT molecular complexity index is 229. The van der Waals surface area contributed by atoms with E-state index in [-0.39, 0.29) is 0 Å². The fourth-order valence-corrected chi connectivity index (χ4v) is 2.88. The summed E-state index contributed by atoms with van der Waals surface area (Å²) in [6.45, 7) is 9.04. The molecule has 0 radical (unpaired) electrons. The predicted molar refractivity (Wildman–Crippen MR) is 63.0 cm³/mol. The Morgan fingerprint density at radius 2 is 2.50 bits per heavy atom. The highest BCUT2D eigenvalue weighted by Gasteiger charge is 2.24. The molecule has 80 valence electrons. The average Bonchev–Trinajstić information content (AvgIpc) is 2.76. The SMILES string of the molecule is CCN1CCC(NC2=NCC(C)S2)C1. The normalized spacial score (nSPS) is 33.4. The molecule has 0 aliphatic carbocycles. The lowest BCUT2D eigenvalue weighted by Crippen LogP contribution is -2.35. The number of aliphatic imine (C=N–C) groups is 1. The van der Waals surface area contributed by atoms with E-state index in [1.807, 2.05) is 11.8 Å². The van der Waals surface area contributed by atoms with E-state index >= 15 is 0 Å². The van der Waals surface area contributed by atoms with E-state index < -0.39 is 0 Å². The Hall–Kier alpha value is -0.220. The summed E-state index contributed by atoms with van der Waals surface area (Å²) in [5.41, 5.74) is 0. The number of amidine groups is 1. The summed E-state index contributed by atoms with van der Waals surface area (Å²) < 4.78 is 0. The number of rotatable bonds is 2. The van der Waals surface area contributed by atoms with Crippen molar-refractivity contribution < 1.29 is 0 Å². The molecule has 14 heavy (non-hydrogen) atoms. The summed E-state index contributed by atoms with van der Waals surface area (Å²) in [5.74, 6) is 0. The first kappa shape index (κ1) is 10.3. The van der Waals surface area contributed by atoms with Crippen molar-refractivity contribution in [1.82, 2.24) is 10.2 Å².